The molecule has 1 unspecified atom stereocenters. The van der Waals surface area contributed by atoms with Gasteiger partial charge in [0.15, 0.2) is 0 Å². The number of halogens is 1. The highest BCUT2D eigenvalue weighted by Crippen LogP contribution is 2.25. The molecule has 2 heterocycles. The van der Waals surface area contributed by atoms with E-state index in [1.54, 1.807) is 23.3 Å². The molecule has 0 aromatic carbocycles. The maximum Gasteiger partial charge on any atom is 0.108 e. The molecule has 0 aliphatic heterocycles. The zero-order valence-electron chi connectivity index (χ0n) is 9.55. The fraction of sp³-hybridized carbons (Fsp3) is 0.300. The predicted molar refractivity (Wildman–Crippen MR) is 66.8 cm³/mol. The van der Waals surface area contributed by atoms with Crippen molar-refractivity contribution in [2.75, 3.05) is 0 Å². The summed E-state index contributed by atoms with van der Waals surface area (Å²) < 4.78 is 2.63. The zero-order valence-corrected chi connectivity index (χ0v) is 11.1. The van der Waals surface area contributed by atoms with Crippen molar-refractivity contribution in [3.8, 4) is 0 Å². The molecule has 90 valence electrons. The van der Waals surface area contributed by atoms with Crippen molar-refractivity contribution in [1.82, 2.24) is 25.2 Å². The Morgan fingerprint density at radius 2 is 2.12 bits per heavy atom. The monoisotopic (exact) mass is 296 g/mol. The van der Waals surface area contributed by atoms with Crippen LogP contribution >= 0.6 is 15.9 Å². The molecule has 0 saturated carbocycles. The quantitative estimate of drug-likeness (QED) is 0.648. The minimum absolute atomic E-state index is 0.245. The van der Waals surface area contributed by atoms with Crippen LogP contribution in [-0.2, 0) is 7.05 Å². The lowest BCUT2D eigenvalue weighted by Gasteiger charge is -2.16. The second-order valence-electron chi connectivity index (χ2n) is 3.68. The third-order valence-corrected chi connectivity index (χ3v) is 3.09. The Kier molecular flexibility index (Phi) is 3.51. The average molecular weight is 297 g/mol. The Morgan fingerprint density at radius 3 is 2.59 bits per heavy atom. The summed E-state index contributed by atoms with van der Waals surface area (Å²) >= 11 is 3.44. The summed E-state index contributed by atoms with van der Waals surface area (Å²) in [4.78, 5) is 8.53. The molecule has 3 N–H and O–H groups in total. The van der Waals surface area contributed by atoms with E-state index in [1.165, 1.54) is 0 Å². The first-order chi connectivity index (χ1) is 8.13. The van der Waals surface area contributed by atoms with Crippen LogP contribution < -0.4 is 11.3 Å². The lowest BCUT2D eigenvalue weighted by atomic mass is 10.1. The van der Waals surface area contributed by atoms with E-state index >= 15 is 0 Å². The number of nitrogens with two attached hydrogens (primary N) is 1. The molecule has 17 heavy (non-hydrogen) atoms. The maximum absolute atomic E-state index is 5.59. The molecule has 0 bridgehead atoms. The van der Waals surface area contributed by atoms with E-state index in [9.17, 15) is 0 Å². The van der Waals surface area contributed by atoms with Crippen molar-refractivity contribution in [2.45, 2.75) is 13.0 Å². The predicted octanol–water partition coefficient (Wildman–Crippen LogP) is 0.834. The van der Waals surface area contributed by atoms with Crippen LogP contribution in [0.4, 0.5) is 0 Å². The molecule has 0 spiro atoms. The number of hydrogen-bond acceptors (Lipinski definition) is 5. The van der Waals surface area contributed by atoms with Gasteiger partial charge < -0.3 is 0 Å². The number of aromatic nitrogens is 4. The second-order valence-corrected chi connectivity index (χ2v) is 4.54. The molecule has 0 fully saturated rings. The number of rotatable bonds is 3. The number of hydrazine groups is 1. The summed E-state index contributed by atoms with van der Waals surface area (Å²) in [5.41, 5.74) is 5.26. The van der Waals surface area contributed by atoms with Gasteiger partial charge in [0.05, 0.1) is 33.9 Å². The van der Waals surface area contributed by atoms with Gasteiger partial charge in [-0.05, 0) is 22.9 Å². The molecular weight excluding hydrogens is 284 g/mol. The molecule has 6 nitrogen and oxygen atoms in total. The van der Waals surface area contributed by atoms with Gasteiger partial charge in [-0.15, -0.1) is 0 Å². The highest BCUT2D eigenvalue weighted by molar-refractivity contribution is 9.10. The van der Waals surface area contributed by atoms with Crippen LogP contribution in [-0.4, -0.2) is 19.7 Å². The van der Waals surface area contributed by atoms with E-state index in [2.05, 4.69) is 36.4 Å². The van der Waals surface area contributed by atoms with Gasteiger partial charge in [-0.1, -0.05) is 0 Å². The van der Waals surface area contributed by atoms with Gasteiger partial charge in [-0.3, -0.25) is 20.5 Å². The van der Waals surface area contributed by atoms with Crippen LogP contribution in [0.1, 0.15) is 23.1 Å². The molecule has 0 amide bonds. The van der Waals surface area contributed by atoms with Crippen LogP contribution in [0.15, 0.2) is 23.1 Å². The van der Waals surface area contributed by atoms with Gasteiger partial charge in [-0.25, -0.2) is 5.43 Å². The Morgan fingerprint density at radius 1 is 1.35 bits per heavy atom. The highest BCUT2D eigenvalue weighted by atomic mass is 79.9. The third kappa shape index (κ3) is 2.36. The Bertz CT molecular complexity index is 487. The number of hydrogen-bond donors (Lipinski definition) is 2. The maximum atomic E-state index is 5.59. The van der Waals surface area contributed by atoms with Gasteiger partial charge in [0.2, 0.25) is 0 Å². The van der Waals surface area contributed by atoms with E-state index < -0.39 is 0 Å². The third-order valence-electron chi connectivity index (χ3n) is 2.47. The first-order valence-corrected chi connectivity index (χ1v) is 5.85. The van der Waals surface area contributed by atoms with Crippen LogP contribution in [0.25, 0.3) is 0 Å². The van der Waals surface area contributed by atoms with Crippen molar-refractivity contribution in [1.29, 1.82) is 0 Å². The molecule has 7 heteroatoms. The Labute approximate surface area is 107 Å². The van der Waals surface area contributed by atoms with Crippen LogP contribution in [0.3, 0.4) is 0 Å². The fourth-order valence-electron chi connectivity index (χ4n) is 1.60. The summed E-state index contributed by atoms with van der Waals surface area (Å²) in [7, 11) is 1.85. The van der Waals surface area contributed by atoms with Crippen molar-refractivity contribution < 1.29 is 0 Å². The van der Waals surface area contributed by atoms with E-state index in [1.807, 2.05) is 14.0 Å². The van der Waals surface area contributed by atoms with Crippen molar-refractivity contribution in [3.05, 3.63) is 40.1 Å². The highest BCUT2D eigenvalue weighted by Gasteiger charge is 2.20. The standard InChI is InChI=1S/C10H13BrN6/c1-6-3-14-8(5-13-6)9(16-12)10-7(11)4-15-17(10)2/h3-5,9,16H,12H2,1-2H3. The summed E-state index contributed by atoms with van der Waals surface area (Å²) in [5.74, 6) is 5.59. The molecule has 2 rings (SSSR count). The molecule has 0 aliphatic carbocycles. The molecule has 2 aromatic rings. The molecule has 0 saturated heterocycles. The van der Waals surface area contributed by atoms with Crippen molar-refractivity contribution in [3.63, 3.8) is 0 Å². The molecular formula is C10H13BrN6. The van der Waals surface area contributed by atoms with Gasteiger partial charge >= 0.3 is 0 Å². The Balaban J connectivity index is 2.43. The lowest BCUT2D eigenvalue weighted by Crippen LogP contribution is -2.31. The van der Waals surface area contributed by atoms with Gasteiger partial charge in [-0.2, -0.15) is 5.10 Å². The molecule has 0 radical (unpaired) electrons. The summed E-state index contributed by atoms with van der Waals surface area (Å²) in [6.45, 7) is 1.89. The lowest BCUT2D eigenvalue weighted by molar-refractivity contribution is 0.559. The van der Waals surface area contributed by atoms with E-state index in [0.29, 0.717) is 0 Å². The average Bonchev–Trinajstić information content (AvgIpc) is 2.64. The zero-order chi connectivity index (χ0) is 12.4. The largest absolute Gasteiger partial charge is 0.270 e. The first kappa shape index (κ1) is 12.2. The molecule has 2 aromatic heterocycles. The van der Waals surface area contributed by atoms with Gasteiger partial charge in [0.1, 0.15) is 6.04 Å². The number of nitrogens with zero attached hydrogens (tertiary/aromatic N) is 4. The SMILES string of the molecule is Cc1cnc(C(NN)c2c(Br)cnn2C)cn1. The second kappa shape index (κ2) is 4.91. The summed E-state index contributed by atoms with van der Waals surface area (Å²) in [6.07, 6.45) is 5.14. The molecule has 0 aliphatic rings. The number of nitrogens with one attached hydrogen (secondary N) is 1. The number of aryl methyl sites for hydroxylation is 2. The van der Waals surface area contributed by atoms with E-state index in [-0.39, 0.29) is 6.04 Å². The Hall–Kier alpha value is -1.31. The van der Waals surface area contributed by atoms with Crippen LogP contribution in [0.2, 0.25) is 0 Å². The normalized spacial score (nSPS) is 12.7. The van der Waals surface area contributed by atoms with E-state index in [4.69, 9.17) is 5.84 Å². The van der Waals surface area contributed by atoms with Crippen molar-refractivity contribution in [2.24, 2.45) is 12.9 Å². The molecule has 1 atom stereocenters. The van der Waals surface area contributed by atoms with Crippen molar-refractivity contribution >= 4 is 15.9 Å². The van der Waals surface area contributed by atoms with Gasteiger partial charge in [0.25, 0.3) is 0 Å². The first-order valence-electron chi connectivity index (χ1n) is 5.05. The fourth-order valence-corrected chi connectivity index (χ4v) is 2.18. The minimum Gasteiger partial charge on any atom is -0.270 e. The topological polar surface area (TPSA) is 81.6 Å². The van der Waals surface area contributed by atoms with Crippen LogP contribution in [0.5, 0.6) is 0 Å². The van der Waals surface area contributed by atoms with E-state index in [0.717, 1.165) is 21.6 Å². The van der Waals surface area contributed by atoms with Gasteiger partial charge in [0, 0.05) is 13.2 Å². The summed E-state index contributed by atoms with van der Waals surface area (Å²) in [5, 5.41) is 4.15. The summed E-state index contributed by atoms with van der Waals surface area (Å²) in [6, 6.07) is -0.245. The van der Waals surface area contributed by atoms with Crippen LogP contribution in [0, 0.1) is 6.92 Å². The smallest absolute Gasteiger partial charge is 0.108 e. The minimum atomic E-state index is -0.245.